The molecular weight excluding hydrogens is 276 g/mol. The second-order valence-electron chi connectivity index (χ2n) is 4.05. The number of nitrogens with one attached hydrogen (secondary N) is 1. The van der Waals surface area contributed by atoms with Gasteiger partial charge in [0.25, 0.3) is 0 Å². The Morgan fingerprint density at radius 3 is 2.95 bits per heavy atom. The summed E-state index contributed by atoms with van der Waals surface area (Å²) < 4.78 is 0. The molecule has 3 rings (SSSR count). The maximum atomic E-state index is 5.42. The van der Waals surface area contributed by atoms with E-state index in [9.17, 15) is 0 Å². The number of nitrogens with zero attached hydrogens (tertiary/aromatic N) is 2. The minimum absolute atomic E-state index is 0.449. The highest BCUT2D eigenvalue weighted by atomic mass is 32.2. The van der Waals surface area contributed by atoms with Crippen molar-refractivity contribution in [2.45, 2.75) is 16.8 Å². The summed E-state index contributed by atoms with van der Waals surface area (Å²) in [5.41, 5.74) is 3.75. The Hall–Kier alpha value is -1.63. The van der Waals surface area contributed by atoms with Gasteiger partial charge in [-0.2, -0.15) is 0 Å². The topological polar surface area (TPSA) is 63.8 Å². The van der Waals surface area contributed by atoms with Gasteiger partial charge in [0.1, 0.15) is 9.86 Å². The van der Waals surface area contributed by atoms with Gasteiger partial charge in [-0.15, -0.1) is 11.3 Å². The summed E-state index contributed by atoms with van der Waals surface area (Å²) in [6.07, 6.45) is 0. The molecule has 6 heteroatoms. The monoisotopic (exact) mass is 288 g/mol. The van der Waals surface area contributed by atoms with E-state index in [-0.39, 0.29) is 0 Å². The average molecular weight is 288 g/mol. The third kappa shape index (κ3) is 2.56. The number of rotatable bonds is 3. The zero-order valence-corrected chi connectivity index (χ0v) is 11.9. The smallest absolute Gasteiger partial charge is 0.239 e. The van der Waals surface area contributed by atoms with E-state index in [4.69, 9.17) is 5.84 Å². The largest absolute Gasteiger partial charge is 0.292 e. The summed E-state index contributed by atoms with van der Waals surface area (Å²) in [7, 11) is 0. The summed E-state index contributed by atoms with van der Waals surface area (Å²) in [5.74, 6) is 5.87. The van der Waals surface area contributed by atoms with Crippen LogP contribution < -0.4 is 11.3 Å². The Morgan fingerprint density at radius 2 is 2.16 bits per heavy atom. The van der Waals surface area contributed by atoms with Crippen molar-refractivity contribution in [3.63, 3.8) is 0 Å². The molecule has 0 bridgehead atoms. The van der Waals surface area contributed by atoms with Crippen molar-refractivity contribution in [1.82, 2.24) is 9.97 Å². The van der Waals surface area contributed by atoms with Gasteiger partial charge in [0.15, 0.2) is 0 Å². The quantitative estimate of drug-likeness (QED) is 0.439. The van der Waals surface area contributed by atoms with E-state index < -0.39 is 0 Å². The first-order valence-corrected chi connectivity index (χ1v) is 7.42. The molecule has 0 unspecified atom stereocenters. The molecule has 3 N–H and O–H groups in total. The number of aryl methyl sites for hydroxylation is 1. The second kappa shape index (κ2) is 5.16. The summed E-state index contributed by atoms with van der Waals surface area (Å²) in [5, 5.41) is 4.00. The third-order valence-electron chi connectivity index (χ3n) is 2.62. The van der Waals surface area contributed by atoms with Gasteiger partial charge >= 0.3 is 0 Å². The van der Waals surface area contributed by atoms with Crippen molar-refractivity contribution in [3.05, 3.63) is 41.3 Å². The lowest BCUT2D eigenvalue weighted by atomic mass is 10.2. The first-order valence-electron chi connectivity index (χ1n) is 5.72. The first kappa shape index (κ1) is 12.4. The predicted molar refractivity (Wildman–Crippen MR) is 80.5 cm³/mol. The lowest BCUT2D eigenvalue weighted by molar-refractivity contribution is 1.08. The molecule has 1 aromatic carbocycles. The van der Waals surface area contributed by atoms with E-state index in [1.165, 1.54) is 5.56 Å². The lowest BCUT2D eigenvalue weighted by Gasteiger charge is -2.05. The highest BCUT2D eigenvalue weighted by Crippen LogP contribution is 2.34. The Morgan fingerprint density at radius 1 is 1.26 bits per heavy atom. The number of benzene rings is 1. The minimum atomic E-state index is 0.449. The number of thiophene rings is 1. The van der Waals surface area contributed by atoms with Crippen molar-refractivity contribution >= 4 is 39.3 Å². The standard InChI is InChI=1S/C13H12N4S2/c1-8-3-2-4-9(7-8)19-12-10-5-6-18-11(10)15-13(16-12)17-14/h2-7H,14H2,1H3,(H,15,16,17). The maximum Gasteiger partial charge on any atom is 0.239 e. The van der Waals surface area contributed by atoms with Gasteiger partial charge in [-0.25, -0.2) is 15.8 Å². The molecule has 0 saturated carbocycles. The molecule has 0 aliphatic heterocycles. The van der Waals surface area contributed by atoms with Crippen LogP contribution in [0.5, 0.6) is 0 Å². The molecule has 0 spiro atoms. The molecule has 0 radical (unpaired) electrons. The van der Waals surface area contributed by atoms with Crippen LogP contribution in [0.4, 0.5) is 5.95 Å². The molecule has 2 aromatic heterocycles. The fraction of sp³-hybridized carbons (Fsp3) is 0.0769. The zero-order valence-electron chi connectivity index (χ0n) is 10.3. The van der Waals surface area contributed by atoms with Gasteiger partial charge in [0.2, 0.25) is 5.95 Å². The van der Waals surface area contributed by atoms with Gasteiger partial charge in [-0.1, -0.05) is 29.5 Å². The molecule has 3 aromatic rings. The zero-order chi connectivity index (χ0) is 13.2. The van der Waals surface area contributed by atoms with E-state index in [0.717, 1.165) is 20.1 Å². The normalized spacial score (nSPS) is 10.8. The minimum Gasteiger partial charge on any atom is -0.292 e. The molecule has 0 atom stereocenters. The van der Waals surface area contributed by atoms with Gasteiger partial charge < -0.3 is 0 Å². The van der Waals surface area contributed by atoms with Crippen molar-refractivity contribution in [1.29, 1.82) is 0 Å². The molecule has 96 valence electrons. The van der Waals surface area contributed by atoms with Crippen LogP contribution in [0.15, 0.2) is 45.6 Å². The van der Waals surface area contributed by atoms with Crippen LogP contribution in [0.3, 0.4) is 0 Å². The molecule has 4 nitrogen and oxygen atoms in total. The molecular formula is C13H12N4S2. The number of hydrogen-bond acceptors (Lipinski definition) is 6. The molecule has 0 fully saturated rings. The number of fused-ring (bicyclic) bond motifs is 1. The Bertz CT molecular complexity index is 723. The van der Waals surface area contributed by atoms with Crippen molar-refractivity contribution in [2.24, 2.45) is 5.84 Å². The van der Waals surface area contributed by atoms with Crippen LogP contribution >= 0.6 is 23.1 Å². The van der Waals surface area contributed by atoms with Crippen LogP contribution in [0.1, 0.15) is 5.56 Å². The van der Waals surface area contributed by atoms with Crippen molar-refractivity contribution in [2.75, 3.05) is 5.43 Å². The SMILES string of the molecule is Cc1cccc(Sc2nc(NN)nc3sccc23)c1. The van der Waals surface area contributed by atoms with Gasteiger partial charge in [0.05, 0.1) is 0 Å². The number of aromatic nitrogens is 2. The summed E-state index contributed by atoms with van der Waals surface area (Å²) in [4.78, 5) is 10.9. The molecule has 0 aliphatic rings. The molecule has 0 aliphatic carbocycles. The number of nitrogen functional groups attached to an aromatic ring is 1. The van der Waals surface area contributed by atoms with E-state index in [0.29, 0.717) is 5.95 Å². The fourth-order valence-electron chi connectivity index (χ4n) is 1.76. The van der Waals surface area contributed by atoms with Crippen LogP contribution in [-0.4, -0.2) is 9.97 Å². The number of hydrogen-bond donors (Lipinski definition) is 2. The van der Waals surface area contributed by atoms with Crippen molar-refractivity contribution in [3.8, 4) is 0 Å². The summed E-state index contributed by atoms with van der Waals surface area (Å²) in [6, 6.07) is 10.4. The fourth-order valence-corrected chi connectivity index (χ4v) is 3.61. The van der Waals surface area contributed by atoms with E-state index in [2.05, 4.69) is 40.5 Å². The van der Waals surface area contributed by atoms with E-state index >= 15 is 0 Å². The molecule has 0 amide bonds. The summed E-state index contributed by atoms with van der Waals surface area (Å²) >= 11 is 3.21. The number of nitrogens with two attached hydrogens (primary N) is 1. The number of anilines is 1. The second-order valence-corrected chi connectivity index (χ2v) is 6.01. The third-order valence-corrected chi connectivity index (χ3v) is 4.42. The summed E-state index contributed by atoms with van der Waals surface area (Å²) in [6.45, 7) is 2.08. The van der Waals surface area contributed by atoms with Gasteiger partial charge in [-0.3, -0.25) is 5.43 Å². The van der Waals surface area contributed by atoms with E-state index in [1.807, 2.05) is 17.5 Å². The molecule has 2 heterocycles. The average Bonchev–Trinajstić information content (AvgIpc) is 2.87. The maximum absolute atomic E-state index is 5.42. The Labute approximate surface area is 119 Å². The lowest BCUT2D eigenvalue weighted by Crippen LogP contribution is -2.10. The molecule has 19 heavy (non-hydrogen) atoms. The van der Waals surface area contributed by atoms with Crippen LogP contribution in [0.25, 0.3) is 10.2 Å². The first-order chi connectivity index (χ1) is 9.26. The Balaban J connectivity index is 2.06. The van der Waals surface area contributed by atoms with Crippen LogP contribution in [0, 0.1) is 6.92 Å². The van der Waals surface area contributed by atoms with Crippen LogP contribution in [-0.2, 0) is 0 Å². The van der Waals surface area contributed by atoms with Gasteiger partial charge in [-0.05, 0) is 30.5 Å². The Kier molecular flexibility index (Phi) is 3.37. The molecule has 0 saturated heterocycles. The number of hydrazine groups is 1. The highest BCUT2D eigenvalue weighted by molar-refractivity contribution is 7.99. The van der Waals surface area contributed by atoms with Gasteiger partial charge in [0, 0.05) is 10.3 Å². The predicted octanol–water partition coefficient (Wildman–Crippen LogP) is 3.44. The highest BCUT2D eigenvalue weighted by Gasteiger charge is 2.10. The van der Waals surface area contributed by atoms with Crippen molar-refractivity contribution < 1.29 is 0 Å². The van der Waals surface area contributed by atoms with E-state index in [1.54, 1.807) is 23.1 Å². The van der Waals surface area contributed by atoms with Crippen LogP contribution in [0.2, 0.25) is 0 Å².